The van der Waals surface area contributed by atoms with Gasteiger partial charge >= 0.3 is 0 Å². The van der Waals surface area contributed by atoms with E-state index in [0.29, 0.717) is 11.4 Å². The average Bonchev–Trinajstić information content (AvgIpc) is 2.69. The van der Waals surface area contributed by atoms with E-state index in [1.54, 1.807) is 24.3 Å². The summed E-state index contributed by atoms with van der Waals surface area (Å²) >= 11 is 0. The minimum atomic E-state index is -3.62. The monoisotopic (exact) mass is 385 g/mol. The highest BCUT2D eigenvalue weighted by molar-refractivity contribution is 7.92. The Bertz CT molecular complexity index is 946. The van der Waals surface area contributed by atoms with Crippen LogP contribution in [0.3, 0.4) is 0 Å². The fourth-order valence-corrected chi connectivity index (χ4v) is 3.90. The molecule has 0 aliphatic carbocycles. The van der Waals surface area contributed by atoms with Gasteiger partial charge in [-0.1, -0.05) is 48.5 Å². The molecule has 0 aromatic heterocycles. The Morgan fingerprint density at radius 1 is 0.815 bits per heavy atom. The first kappa shape index (κ1) is 18.9. The van der Waals surface area contributed by atoms with E-state index in [0.717, 1.165) is 5.56 Å². The number of para-hydroxylation sites is 1. The number of benzene rings is 3. The number of halogens is 1. The molecule has 0 heterocycles. The zero-order chi connectivity index (χ0) is 19.1. The molecule has 3 aromatic carbocycles. The predicted octanol–water partition coefficient (Wildman–Crippen LogP) is 4.24. The summed E-state index contributed by atoms with van der Waals surface area (Å²) in [6.07, 6.45) is 0. The van der Waals surface area contributed by atoms with Gasteiger partial charge in [-0.15, -0.1) is 0 Å². The molecule has 0 spiro atoms. The lowest BCUT2D eigenvalue weighted by atomic mass is 10.2. The number of ether oxygens (including phenoxy) is 1. The summed E-state index contributed by atoms with van der Waals surface area (Å²) in [5.74, 6) is -0.124. The SMILES string of the molecule is O=S(=O)(CCOc1ccc(F)cc1)N(Cc1ccccc1)c1ccccc1. The number of rotatable bonds is 8. The van der Waals surface area contributed by atoms with Crippen LogP contribution in [-0.4, -0.2) is 20.8 Å². The topological polar surface area (TPSA) is 46.6 Å². The van der Waals surface area contributed by atoms with Crippen molar-refractivity contribution >= 4 is 15.7 Å². The molecule has 0 N–H and O–H groups in total. The van der Waals surface area contributed by atoms with Crippen LogP contribution in [0.15, 0.2) is 84.9 Å². The first-order valence-corrected chi connectivity index (χ1v) is 10.1. The number of sulfonamides is 1. The van der Waals surface area contributed by atoms with E-state index >= 15 is 0 Å². The fraction of sp³-hybridized carbons (Fsp3) is 0.143. The zero-order valence-electron chi connectivity index (χ0n) is 14.7. The van der Waals surface area contributed by atoms with Crippen molar-refractivity contribution in [1.82, 2.24) is 0 Å². The van der Waals surface area contributed by atoms with Crippen LogP contribution in [0.25, 0.3) is 0 Å². The first-order chi connectivity index (χ1) is 13.0. The molecule has 0 bridgehead atoms. The summed E-state index contributed by atoms with van der Waals surface area (Å²) in [6, 6.07) is 23.9. The Hall–Kier alpha value is -2.86. The summed E-state index contributed by atoms with van der Waals surface area (Å²) in [5, 5.41) is 0. The molecule has 0 amide bonds. The molecule has 0 fully saturated rings. The Kier molecular flexibility index (Phi) is 6.08. The Morgan fingerprint density at radius 2 is 1.41 bits per heavy atom. The molecular weight excluding hydrogens is 365 g/mol. The Balaban J connectivity index is 1.74. The van der Waals surface area contributed by atoms with Crippen LogP contribution in [0.2, 0.25) is 0 Å². The number of anilines is 1. The summed E-state index contributed by atoms with van der Waals surface area (Å²) in [5.41, 5.74) is 1.49. The molecule has 0 saturated heterocycles. The summed E-state index contributed by atoms with van der Waals surface area (Å²) in [4.78, 5) is 0. The van der Waals surface area contributed by atoms with Crippen molar-refractivity contribution in [1.29, 1.82) is 0 Å². The van der Waals surface area contributed by atoms with Gasteiger partial charge in [-0.2, -0.15) is 0 Å². The molecule has 0 aliphatic heterocycles. The van der Waals surface area contributed by atoms with Crippen LogP contribution in [0.1, 0.15) is 5.56 Å². The molecule has 6 heteroatoms. The molecule has 3 aromatic rings. The van der Waals surface area contributed by atoms with Crippen molar-refractivity contribution < 1.29 is 17.5 Å². The molecule has 0 unspecified atom stereocenters. The third kappa shape index (κ3) is 5.31. The standard InChI is InChI=1S/C21H20FNO3S/c22-19-11-13-21(14-12-19)26-15-16-27(24,25)23(20-9-5-2-6-10-20)17-18-7-3-1-4-8-18/h1-14H,15-17H2. The van der Waals surface area contributed by atoms with Crippen LogP contribution in [0, 0.1) is 5.82 Å². The van der Waals surface area contributed by atoms with Crippen molar-refractivity contribution in [3.05, 3.63) is 96.3 Å². The largest absolute Gasteiger partial charge is 0.492 e. The van der Waals surface area contributed by atoms with Gasteiger partial charge in [0.25, 0.3) is 0 Å². The van der Waals surface area contributed by atoms with Crippen LogP contribution in [0.4, 0.5) is 10.1 Å². The molecule has 4 nitrogen and oxygen atoms in total. The van der Waals surface area contributed by atoms with Gasteiger partial charge in [0, 0.05) is 0 Å². The van der Waals surface area contributed by atoms with Crippen LogP contribution in [-0.2, 0) is 16.6 Å². The van der Waals surface area contributed by atoms with E-state index in [1.807, 2.05) is 36.4 Å². The quantitative estimate of drug-likeness (QED) is 0.583. The lowest BCUT2D eigenvalue weighted by Crippen LogP contribution is -2.34. The molecule has 0 aliphatic rings. The lowest BCUT2D eigenvalue weighted by molar-refractivity contribution is 0.340. The molecule has 140 valence electrons. The van der Waals surface area contributed by atoms with Gasteiger partial charge in [0.15, 0.2) is 0 Å². The number of nitrogens with zero attached hydrogens (tertiary/aromatic N) is 1. The number of hydrogen-bond acceptors (Lipinski definition) is 3. The lowest BCUT2D eigenvalue weighted by Gasteiger charge is -2.24. The molecule has 0 atom stereocenters. The minimum Gasteiger partial charge on any atom is -0.492 e. The van der Waals surface area contributed by atoms with Gasteiger partial charge in [-0.05, 0) is 42.0 Å². The van der Waals surface area contributed by atoms with Gasteiger partial charge < -0.3 is 4.74 Å². The van der Waals surface area contributed by atoms with E-state index in [9.17, 15) is 12.8 Å². The second-order valence-corrected chi connectivity index (χ2v) is 7.96. The van der Waals surface area contributed by atoms with Crippen LogP contribution < -0.4 is 9.04 Å². The summed E-state index contributed by atoms with van der Waals surface area (Å²) in [7, 11) is -3.62. The maximum atomic E-state index is 13.0. The summed E-state index contributed by atoms with van der Waals surface area (Å²) in [6.45, 7) is 0.218. The predicted molar refractivity (Wildman–Crippen MR) is 105 cm³/mol. The fourth-order valence-electron chi connectivity index (χ4n) is 2.60. The maximum absolute atomic E-state index is 13.0. The van der Waals surface area contributed by atoms with E-state index in [1.165, 1.54) is 28.6 Å². The van der Waals surface area contributed by atoms with Crippen LogP contribution >= 0.6 is 0 Å². The second kappa shape index (κ2) is 8.68. The number of hydrogen-bond donors (Lipinski definition) is 0. The molecule has 3 rings (SSSR count). The highest BCUT2D eigenvalue weighted by Gasteiger charge is 2.23. The van der Waals surface area contributed by atoms with Gasteiger partial charge in [-0.3, -0.25) is 4.31 Å². The highest BCUT2D eigenvalue weighted by Crippen LogP contribution is 2.21. The van der Waals surface area contributed by atoms with Crippen LogP contribution in [0.5, 0.6) is 5.75 Å². The second-order valence-electron chi connectivity index (χ2n) is 5.95. The van der Waals surface area contributed by atoms with Crippen molar-refractivity contribution in [2.24, 2.45) is 0 Å². The van der Waals surface area contributed by atoms with Gasteiger partial charge in [0.2, 0.25) is 10.0 Å². The maximum Gasteiger partial charge on any atom is 0.238 e. The summed E-state index contributed by atoms with van der Waals surface area (Å²) < 4.78 is 45.7. The van der Waals surface area contributed by atoms with Crippen molar-refractivity contribution in [2.45, 2.75) is 6.54 Å². The Morgan fingerprint density at radius 3 is 2.04 bits per heavy atom. The Labute approximate surface area is 158 Å². The van der Waals surface area contributed by atoms with E-state index in [2.05, 4.69) is 0 Å². The van der Waals surface area contributed by atoms with Gasteiger partial charge in [0.05, 0.1) is 12.2 Å². The first-order valence-electron chi connectivity index (χ1n) is 8.52. The molecule has 27 heavy (non-hydrogen) atoms. The van der Waals surface area contributed by atoms with Crippen molar-refractivity contribution in [3.8, 4) is 5.75 Å². The van der Waals surface area contributed by atoms with Crippen molar-refractivity contribution in [3.63, 3.8) is 0 Å². The third-order valence-corrected chi connectivity index (χ3v) is 5.67. The molecule has 0 radical (unpaired) electrons. The van der Waals surface area contributed by atoms with E-state index < -0.39 is 10.0 Å². The molecular formula is C21H20FNO3S. The van der Waals surface area contributed by atoms with E-state index in [-0.39, 0.29) is 24.7 Å². The minimum absolute atomic E-state index is 0.0217. The molecule has 0 saturated carbocycles. The smallest absolute Gasteiger partial charge is 0.238 e. The normalized spacial score (nSPS) is 11.1. The van der Waals surface area contributed by atoms with Gasteiger partial charge in [-0.25, -0.2) is 12.8 Å². The highest BCUT2D eigenvalue weighted by atomic mass is 32.2. The van der Waals surface area contributed by atoms with Crippen molar-refractivity contribution in [2.75, 3.05) is 16.7 Å². The van der Waals surface area contributed by atoms with Gasteiger partial charge in [0.1, 0.15) is 23.9 Å². The van der Waals surface area contributed by atoms with E-state index in [4.69, 9.17) is 4.74 Å². The third-order valence-electron chi connectivity index (χ3n) is 3.97. The average molecular weight is 385 g/mol. The zero-order valence-corrected chi connectivity index (χ0v) is 15.5.